The van der Waals surface area contributed by atoms with Crippen LogP contribution in [0.3, 0.4) is 0 Å². The summed E-state index contributed by atoms with van der Waals surface area (Å²) in [6.07, 6.45) is 3.75. The molecule has 1 aliphatic rings. The van der Waals surface area contributed by atoms with Crippen LogP contribution in [-0.4, -0.2) is 30.0 Å². The van der Waals surface area contributed by atoms with Gasteiger partial charge in [-0.3, -0.25) is 0 Å². The van der Waals surface area contributed by atoms with Crippen molar-refractivity contribution in [3.8, 4) is 0 Å². The fourth-order valence-electron chi connectivity index (χ4n) is 1.71. The first-order valence-corrected chi connectivity index (χ1v) is 6.86. The second-order valence-corrected chi connectivity index (χ2v) is 5.89. The number of hydrogen-bond acceptors (Lipinski definition) is 4. The Balaban J connectivity index is 1.99. The smallest absolute Gasteiger partial charge is 0.107 e. The normalized spacial score (nSPS) is 16.0. The summed E-state index contributed by atoms with van der Waals surface area (Å²) in [5.41, 5.74) is 1.29. The molecule has 0 atom stereocenters. The van der Waals surface area contributed by atoms with Crippen molar-refractivity contribution < 1.29 is 0 Å². The highest BCUT2D eigenvalue weighted by molar-refractivity contribution is 7.11. The van der Waals surface area contributed by atoms with Crippen molar-refractivity contribution in [3.63, 3.8) is 0 Å². The summed E-state index contributed by atoms with van der Waals surface area (Å²) in [6.45, 7) is 4.16. The Labute approximate surface area is 102 Å². The molecular weight excluding hydrogens is 218 g/mol. The van der Waals surface area contributed by atoms with Gasteiger partial charge in [0.05, 0.1) is 5.69 Å². The largest absolute Gasteiger partial charge is 0.309 e. The van der Waals surface area contributed by atoms with Gasteiger partial charge in [-0.05, 0) is 33.4 Å². The minimum Gasteiger partial charge on any atom is -0.309 e. The molecule has 1 aliphatic carbocycles. The molecule has 0 amide bonds. The average Bonchev–Trinajstić information content (AvgIpc) is 2.97. The predicted octanol–water partition coefficient (Wildman–Crippen LogP) is 2.02. The summed E-state index contributed by atoms with van der Waals surface area (Å²) < 4.78 is 0. The van der Waals surface area contributed by atoms with E-state index in [0.717, 1.165) is 25.6 Å². The van der Waals surface area contributed by atoms with Gasteiger partial charge in [0, 0.05) is 24.0 Å². The number of aryl methyl sites for hydroxylation is 1. The van der Waals surface area contributed by atoms with Gasteiger partial charge in [0.15, 0.2) is 0 Å². The topological polar surface area (TPSA) is 28.2 Å². The zero-order valence-corrected chi connectivity index (χ0v) is 11.2. The molecule has 0 bridgehead atoms. The van der Waals surface area contributed by atoms with E-state index in [9.17, 15) is 0 Å². The van der Waals surface area contributed by atoms with Crippen molar-refractivity contribution in [1.82, 2.24) is 15.2 Å². The molecule has 0 radical (unpaired) electrons. The number of aromatic nitrogens is 1. The fourth-order valence-corrected chi connectivity index (χ4v) is 2.94. The number of rotatable bonds is 6. The molecule has 16 heavy (non-hydrogen) atoms. The molecule has 3 nitrogen and oxygen atoms in total. The van der Waals surface area contributed by atoms with Gasteiger partial charge >= 0.3 is 0 Å². The van der Waals surface area contributed by atoms with E-state index in [4.69, 9.17) is 4.98 Å². The van der Waals surface area contributed by atoms with E-state index >= 15 is 0 Å². The summed E-state index contributed by atoms with van der Waals surface area (Å²) in [5, 5.41) is 4.82. The zero-order valence-electron chi connectivity index (χ0n) is 10.4. The van der Waals surface area contributed by atoms with Crippen LogP contribution in [0.2, 0.25) is 0 Å². The SMILES string of the molecule is CCc1nc(CN(C)C)sc1CNC1CC1. The molecule has 0 saturated heterocycles. The fraction of sp³-hybridized carbons (Fsp3) is 0.750. The first-order chi connectivity index (χ1) is 7.69. The van der Waals surface area contributed by atoms with Gasteiger partial charge in [-0.2, -0.15) is 0 Å². The Morgan fingerprint density at radius 3 is 2.75 bits per heavy atom. The summed E-state index contributed by atoms with van der Waals surface area (Å²) in [5.74, 6) is 0. The second-order valence-electron chi connectivity index (χ2n) is 4.72. The average molecular weight is 239 g/mol. The van der Waals surface area contributed by atoms with Crippen LogP contribution in [0.25, 0.3) is 0 Å². The quantitative estimate of drug-likeness (QED) is 0.823. The third-order valence-electron chi connectivity index (χ3n) is 2.74. The van der Waals surface area contributed by atoms with Crippen molar-refractivity contribution in [2.24, 2.45) is 0 Å². The zero-order chi connectivity index (χ0) is 11.5. The van der Waals surface area contributed by atoms with Gasteiger partial charge in [0.25, 0.3) is 0 Å². The maximum Gasteiger partial charge on any atom is 0.107 e. The maximum absolute atomic E-state index is 4.70. The molecule has 1 heterocycles. The van der Waals surface area contributed by atoms with Crippen LogP contribution >= 0.6 is 11.3 Å². The molecule has 0 unspecified atom stereocenters. The van der Waals surface area contributed by atoms with Gasteiger partial charge < -0.3 is 10.2 Å². The van der Waals surface area contributed by atoms with Crippen LogP contribution in [0.5, 0.6) is 0 Å². The Morgan fingerprint density at radius 2 is 2.19 bits per heavy atom. The number of thiazole rings is 1. The Kier molecular flexibility index (Phi) is 3.95. The van der Waals surface area contributed by atoms with E-state index in [2.05, 4.69) is 31.2 Å². The van der Waals surface area contributed by atoms with Crippen LogP contribution < -0.4 is 5.32 Å². The molecule has 2 rings (SSSR count). The molecule has 1 saturated carbocycles. The molecule has 90 valence electrons. The van der Waals surface area contributed by atoms with Gasteiger partial charge in [0.2, 0.25) is 0 Å². The van der Waals surface area contributed by atoms with Crippen molar-refractivity contribution in [2.75, 3.05) is 14.1 Å². The Morgan fingerprint density at radius 1 is 1.44 bits per heavy atom. The molecule has 0 spiro atoms. The highest BCUT2D eigenvalue weighted by Crippen LogP contribution is 2.23. The second kappa shape index (κ2) is 5.25. The predicted molar refractivity (Wildman–Crippen MR) is 68.7 cm³/mol. The maximum atomic E-state index is 4.70. The highest BCUT2D eigenvalue weighted by atomic mass is 32.1. The third-order valence-corrected chi connectivity index (χ3v) is 3.82. The minimum atomic E-state index is 0.782. The summed E-state index contributed by atoms with van der Waals surface area (Å²) in [4.78, 5) is 8.32. The number of nitrogens with zero attached hydrogens (tertiary/aromatic N) is 2. The van der Waals surface area contributed by atoms with E-state index in [1.807, 2.05) is 11.3 Å². The van der Waals surface area contributed by atoms with Gasteiger partial charge in [-0.25, -0.2) is 4.98 Å². The third kappa shape index (κ3) is 3.27. The van der Waals surface area contributed by atoms with E-state index in [1.165, 1.54) is 28.4 Å². The van der Waals surface area contributed by atoms with Crippen molar-refractivity contribution in [2.45, 2.75) is 45.3 Å². The summed E-state index contributed by atoms with van der Waals surface area (Å²) >= 11 is 1.87. The van der Waals surface area contributed by atoms with E-state index in [1.54, 1.807) is 0 Å². The lowest BCUT2D eigenvalue weighted by atomic mass is 10.3. The highest BCUT2D eigenvalue weighted by Gasteiger charge is 2.21. The van der Waals surface area contributed by atoms with Crippen LogP contribution in [0, 0.1) is 0 Å². The Bertz CT molecular complexity index is 342. The van der Waals surface area contributed by atoms with Crippen LogP contribution in [0.4, 0.5) is 0 Å². The molecule has 1 fully saturated rings. The number of nitrogens with one attached hydrogen (secondary N) is 1. The molecule has 0 aromatic carbocycles. The van der Waals surface area contributed by atoms with Crippen molar-refractivity contribution >= 4 is 11.3 Å². The molecule has 0 aliphatic heterocycles. The van der Waals surface area contributed by atoms with Gasteiger partial charge in [0.1, 0.15) is 5.01 Å². The lowest BCUT2D eigenvalue weighted by molar-refractivity contribution is 0.401. The van der Waals surface area contributed by atoms with Crippen molar-refractivity contribution in [3.05, 3.63) is 15.6 Å². The minimum absolute atomic E-state index is 0.782. The molecule has 1 aromatic rings. The van der Waals surface area contributed by atoms with E-state index < -0.39 is 0 Å². The van der Waals surface area contributed by atoms with Crippen molar-refractivity contribution in [1.29, 1.82) is 0 Å². The van der Waals surface area contributed by atoms with Gasteiger partial charge in [-0.15, -0.1) is 11.3 Å². The van der Waals surface area contributed by atoms with Crippen LogP contribution in [0.15, 0.2) is 0 Å². The van der Waals surface area contributed by atoms with Gasteiger partial charge in [-0.1, -0.05) is 6.92 Å². The molecule has 1 N–H and O–H groups in total. The van der Waals surface area contributed by atoms with E-state index in [-0.39, 0.29) is 0 Å². The molecule has 4 heteroatoms. The van der Waals surface area contributed by atoms with Crippen LogP contribution in [-0.2, 0) is 19.5 Å². The van der Waals surface area contributed by atoms with E-state index in [0.29, 0.717) is 0 Å². The number of hydrogen-bond donors (Lipinski definition) is 1. The monoisotopic (exact) mass is 239 g/mol. The summed E-state index contributed by atoms with van der Waals surface area (Å²) in [7, 11) is 4.18. The summed E-state index contributed by atoms with van der Waals surface area (Å²) in [6, 6.07) is 0.782. The molecule has 1 aromatic heterocycles. The lowest BCUT2D eigenvalue weighted by Crippen LogP contribution is -2.15. The lowest BCUT2D eigenvalue weighted by Gasteiger charge is -2.04. The molecular formula is C12H21N3S. The standard InChI is InChI=1S/C12H21N3S/c1-4-10-11(7-13-9-5-6-9)16-12(14-10)8-15(2)3/h9,13H,4-8H2,1-3H3. The van der Waals surface area contributed by atoms with Crippen LogP contribution in [0.1, 0.15) is 35.3 Å². The first kappa shape index (κ1) is 12.0. The Hall–Kier alpha value is -0.450. The first-order valence-electron chi connectivity index (χ1n) is 6.04.